The van der Waals surface area contributed by atoms with Crippen LogP contribution in [0.5, 0.6) is 5.75 Å². The molecule has 0 bridgehead atoms. The van der Waals surface area contributed by atoms with E-state index in [4.69, 9.17) is 45.4 Å². The highest BCUT2D eigenvalue weighted by Crippen LogP contribution is 2.41. The number of carbonyl (C=O) groups is 1. The molecule has 3 aliphatic heterocycles. The molecule has 72 heavy (non-hydrogen) atoms. The zero-order valence-corrected chi connectivity index (χ0v) is 46.1. The Morgan fingerprint density at radius 3 is 2.22 bits per heavy atom. The first-order valence-corrected chi connectivity index (χ1v) is 26.2. The van der Waals surface area contributed by atoms with Crippen LogP contribution in [0.3, 0.4) is 0 Å². The average molecular weight is 1030 g/mol. The van der Waals surface area contributed by atoms with Gasteiger partial charge in [0, 0.05) is 56.7 Å². The number of para-hydroxylation sites is 1. The Morgan fingerprint density at radius 2 is 1.60 bits per heavy atom. The number of likely N-dealkylation sites (N-methyl/N-ethyl adjacent to an activating group) is 1. The minimum Gasteiger partial charge on any atom is -0.494 e. The molecule has 3 saturated heterocycles. The smallest absolute Gasteiger partial charge is 0.311 e. The molecule has 0 radical (unpaired) electrons. The molecular formula is C54H88N4O13S. The van der Waals surface area contributed by atoms with Gasteiger partial charge in [-0.05, 0) is 118 Å². The Labute approximate surface area is 434 Å². The number of hydrogen-bond donors (Lipinski definition) is 7. The highest BCUT2D eigenvalue weighted by molar-refractivity contribution is 7.80. The van der Waals surface area contributed by atoms with Crippen LogP contribution in [0.15, 0.2) is 48.5 Å². The molecule has 0 unspecified atom stereocenters. The Kier molecular flexibility index (Phi) is 21.3. The second kappa shape index (κ2) is 25.6. The summed E-state index contributed by atoms with van der Waals surface area (Å²) in [5.74, 6) is -2.19. The third-order valence-corrected chi connectivity index (χ3v) is 15.7. The fraction of sp³-hybridized carbons (Fsp3) is 0.741. The highest BCUT2D eigenvalue weighted by Gasteiger charge is 2.53. The molecular weight excluding hydrogens is 945 g/mol. The van der Waals surface area contributed by atoms with Crippen LogP contribution in [-0.2, 0) is 33.2 Å². The van der Waals surface area contributed by atoms with Crippen molar-refractivity contribution < 1.29 is 63.5 Å². The Bertz CT molecular complexity index is 2030. The van der Waals surface area contributed by atoms with E-state index in [9.17, 15) is 30.3 Å². The normalized spacial score (nSPS) is 38.8. The Morgan fingerprint density at radius 1 is 0.917 bits per heavy atom. The zero-order chi connectivity index (χ0) is 53.5. The van der Waals surface area contributed by atoms with Gasteiger partial charge in [-0.15, -0.1) is 0 Å². The Balaban J connectivity index is 1.46. The van der Waals surface area contributed by atoms with Gasteiger partial charge in [0.1, 0.15) is 35.8 Å². The molecule has 3 fully saturated rings. The molecule has 0 aliphatic carbocycles. The minimum absolute atomic E-state index is 0.104. The van der Waals surface area contributed by atoms with Crippen molar-refractivity contribution in [3.05, 3.63) is 48.5 Å². The third kappa shape index (κ3) is 14.2. The number of carbonyl (C=O) groups excluding carboxylic acids is 1. The van der Waals surface area contributed by atoms with Crippen molar-refractivity contribution in [3.8, 4) is 16.9 Å². The predicted octanol–water partition coefficient (Wildman–Crippen LogP) is 5.32. The van der Waals surface area contributed by atoms with E-state index in [-0.39, 0.29) is 37.3 Å². The van der Waals surface area contributed by atoms with E-state index in [2.05, 4.69) is 15.5 Å². The lowest BCUT2D eigenvalue weighted by Gasteiger charge is -2.48. The number of aliphatic hydroxyl groups excluding tert-OH is 3. The molecule has 17 nitrogen and oxygen atoms in total. The van der Waals surface area contributed by atoms with Gasteiger partial charge in [0.2, 0.25) is 0 Å². The lowest BCUT2D eigenvalue weighted by atomic mass is 9.77. The van der Waals surface area contributed by atoms with E-state index in [0.717, 1.165) is 11.1 Å². The summed E-state index contributed by atoms with van der Waals surface area (Å²) in [5, 5.41) is 67.3. The Hall–Kier alpha value is -3.08. The number of nitrogens with one attached hydrogen (secondary N) is 2. The number of rotatable bonds is 14. The molecule has 0 spiro atoms. The number of cyclic esters (lactones) is 1. The fourth-order valence-electron chi connectivity index (χ4n) is 11.2. The first-order valence-electron chi connectivity index (χ1n) is 25.8. The van der Waals surface area contributed by atoms with Crippen molar-refractivity contribution in [3.63, 3.8) is 0 Å². The van der Waals surface area contributed by atoms with Gasteiger partial charge in [0.05, 0.1) is 54.3 Å². The van der Waals surface area contributed by atoms with Crippen LogP contribution in [0.1, 0.15) is 101 Å². The van der Waals surface area contributed by atoms with Gasteiger partial charge < -0.3 is 74.2 Å². The van der Waals surface area contributed by atoms with Crippen molar-refractivity contribution in [1.82, 2.24) is 15.1 Å². The minimum atomic E-state index is -1.91. The van der Waals surface area contributed by atoms with E-state index in [0.29, 0.717) is 49.0 Å². The summed E-state index contributed by atoms with van der Waals surface area (Å²) in [4.78, 5) is 18.6. The van der Waals surface area contributed by atoms with Crippen LogP contribution in [0.2, 0.25) is 0 Å². The molecule has 0 aromatic heterocycles. The molecule has 5 rings (SSSR count). The standard InChI is InChI=1S/C54H88N4O13S/c1-15-41-54(10,64)46(60)35(6)58(26-20-25-55-51(72)56-39-24-19-23-38(45(39)65-13)37-21-17-16-18-22-37)30-31(2)28-52(8,63)48(71-50-43(59)40(57(11)12)27-32(3)67-50)33(4)44(34(5)49(62)69-41)70-42-29-53(9,66-14)47(61)36(7)68-42/h16-19,21-24,31-36,40-44,46-48,50,59-61,63-64H,15,20,25-30H2,1-14H3,(H2,55,56,72)/t31-,32-,33+,34-,35-,36+,40+,41-,42+,43-,44+,46-,47+,48-,50+,52-,53-,54-/m1/s1. The molecule has 3 heterocycles. The van der Waals surface area contributed by atoms with Crippen LogP contribution in [0, 0.1) is 17.8 Å². The van der Waals surface area contributed by atoms with Crippen molar-refractivity contribution in [1.29, 1.82) is 0 Å². The molecule has 2 aromatic carbocycles. The summed E-state index contributed by atoms with van der Waals surface area (Å²) in [6, 6.07) is 14.8. The molecule has 0 amide bonds. The molecule has 18 atom stereocenters. The largest absolute Gasteiger partial charge is 0.494 e. The van der Waals surface area contributed by atoms with Crippen LogP contribution < -0.4 is 15.4 Å². The average Bonchev–Trinajstić information content (AvgIpc) is 3.33. The van der Waals surface area contributed by atoms with E-state index >= 15 is 0 Å². The number of thiocarbonyl (C=S) groups is 1. The zero-order valence-electron chi connectivity index (χ0n) is 45.2. The number of benzene rings is 2. The molecule has 2 aromatic rings. The van der Waals surface area contributed by atoms with Gasteiger partial charge in [-0.3, -0.25) is 9.69 Å². The van der Waals surface area contributed by atoms with Gasteiger partial charge >= 0.3 is 5.97 Å². The van der Waals surface area contributed by atoms with Crippen LogP contribution >= 0.6 is 12.2 Å². The summed E-state index contributed by atoms with van der Waals surface area (Å²) < 4.78 is 44.1. The number of hydrogen-bond acceptors (Lipinski definition) is 16. The van der Waals surface area contributed by atoms with E-state index < -0.39 is 96.0 Å². The maximum atomic E-state index is 14.6. The maximum absolute atomic E-state index is 14.6. The number of methoxy groups -OCH3 is 2. The van der Waals surface area contributed by atoms with Crippen LogP contribution in [-0.4, -0.2) is 185 Å². The number of anilines is 1. The van der Waals surface area contributed by atoms with E-state index in [1.807, 2.05) is 95.2 Å². The predicted molar refractivity (Wildman–Crippen MR) is 280 cm³/mol. The van der Waals surface area contributed by atoms with Crippen LogP contribution in [0.25, 0.3) is 11.1 Å². The number of esters is 1. The van der Waals surface area contributed by atoms with Gasteiger partial charge in [0.25, 0.3) is 0 Å². The van der Waals surface area contributed by atoms with Gasteiger partial charge in [-0.1, -0.05) is 63.2 Å². The summed E-state index contributed by atoms with van der Waals surface area (Å²) in [7, 11) is 6.90. The highest BCUT2D eigenvalue weighted by atomic mass is 32.1. The molecule has 3 aliphatic rings. The summed E-state index contributed by atoms with van der Waals surface area (Å²) >= 11 is 5.76. The van der Waals surface area contributed by atoms with Crippen molar-refractivity contribution >= 4 is 29.0 Å². The summed E-state index contributed by atoms with van der Waals surface area (Å²) in [5.41, 5.74) is -1.99. The third-order valence-electron chi connectivity index (χ3n) is 15.5. The monoisotopic (exact) mass is 1030 g/mol. The SMILES string of the molecule is CC[C@H]1OC(=O)[C@H](C)[C@@H](O[C@H]2C[C@@](C)(OC)[C@@H](O)[C@H](C)O2)[C@H](C)[C@@H](O[C@@H]2O[C@H](C)C[C@H](N(C)C)[C@H]2O)[C@](C)(O)C[C@@H](C)CN(CCCNC(=S)Nc2cccc(-c3ccccc3)c2OC)[C@H](C)[C@@H](O)[C@]1(C)O. The molecule has 408 valence electrons. The number of ether oxygens (including phenoxy) is 7. The quantitative estimate of drug-likeness (QED) is 0.0725. The molecule has 18 heteroatoms. The lowest BCUT2D eigenvalue weighted by molar-refractivity contribution is -0.318. The van der Waals surface area contributed by atoms with Crippen LogP contribution in [0.4, 0.5) is 5.69 Å². The number of aliphatic hydroxyl groups is 5. The van der Waals surface area contributed by atoms with Crippen molar-refractivity contribution in [2.24, 2.45) is 17.8 Å². The van der Waals surface area contributed by atoms with Gasteiger partial charge in [0.15, 0.2) is 17.7 Å². The summed E-state index contributed by atoms with van der Waals surface area (Å²) in [6.07, 6.45) is -8.37. The van der Waals surface area contributed by atoms with Crippen molar-refractivity contribution in [2.75, 3.05) is 53.3 Å². The lowest BCUT2D eigenvalue weighted by Crippen LogP contribution is -2.60. The molecule has 7 N–H and O–H groups in total. The maximum Gasteiger partial charge on any atom is 0.311 e. The fourth-order valence-corrected chi connectivity index (χ4v) is 11.5. The van der Waals surface area contributed by atoms with Crippen molar-refractivity contribution in [2.45, 2.75) is 192 Å². The van der Waals surface area contributed by atoms with E-state index in [1.54, 1.807) is 41.7 Å². The number of nitrogens with zero attached hydrogens (tertiary/aromatic N) is 2. The topological polar surface area (TPSA) is 213 Å². The second-order valence-electron chi connectivity index (χ2n) is 21.7. The van der Waals surface area contributed by atoms with E-state index in [1.165, 1.54) is 14.0 Å². The molecule has 0 saturated carbocycles. The van der Waals surface area contributed by atoms with Gasteiger partial charge in [-0.25, -0.2) is 0 Å². The second-order valence-corrected chi connectivity index (χ2v) is 22.1. The summed E-state index contributed by atoms with van der Waals surface area (Å²) in [6.45, 7) is 19.0. The first-order chi connectivity index (χ1) is 33.8. The first kappa shape index (κ1) is 59.8. The van der Waals surface area contributed by atoms with Gasteiger partial charge in [-0.2, -0.15) is 0 Å².